The van der Waals surface area contributed by atoms with Crippen LogP contribution in [0.25, 0.3) is 0 Å². The number of nitro benzene ring substituents is 1. The number of carbonyl (C=O) groups excluding carboxylic acids is 1. The average Bonchev–Trinajstić information content (AvgIpc) is 2.48. The second kappa shape index (κ2) is 6.87. The van der Waals surface area contributed by atoms with Crippen LogP contribution in [0.4, 0.5) is 5.69 Å². The van der Waals surface area contributed by atoms with Gasteiger partial charge in [0, 0.05) is 30.8 Å². The van der Waals surface area contributed by atoms with Crippen molar-refractivity contribution < 1.29 is 9.72 Å². The molecular weight excluding hydrogens is 294 g/mol. The maximum absolute atomic E-state index is 12.2. The Kier molecular flexibility index (Phi) is 5.14. The van der Waals surface area contributed by atoms with Gasteiger partial charge in [-0.05, 0) is 31.5 Å². The molecule has 0 saturated carbocycles. The first-order valence-corrected chi connectivity index (χ1v) is 7.36. The monoisotopic (exact) mass is 311 g/mol. The third-order valence-corrected chi connectivity index (χ3v) is 4.09. The lowest BCUT2D eigenvalue weighted by Crippen LogP contribution is -2.44. The lowest BCUT2D eigenvalue weighted by Gasteiger charge is -2.31. The highest BCUT2D eigenvalue weighted by molar-refractivity contribution is 6.32. The number of carbonyl (C=O) groups is 1. The van der Waals surface area contributed by atoms with Gasteiger partial charge in [-0.1, -0.05) is 18.5 Å². The lowest BCUT2D eigenvalue weighted by molar-refractivity contribution is -0.384. The van der Waals surface area contributed by atoms with E-state index in [1.165, 1.54) is 18.2 Å². The summed E-state index contributed by atoms with van der Waals surface area (Å²) in [5.41, 5.74) is 0.0224. The largest absolute Gasteiger partial charge is 0.349 e. The van der Waals surface area contributed by atoms with Gasteiger partial charge in [0.1, 0.15) is 5.02 Å². The molecule has 2 rings (SSSR count). The van der Waals surface area contributed by atoms with Crippen molar-refractivity contribution in [1.29, 1.82) is 0 Å². The van der Waals surface area contributed by atoms with Crippen LogP contribution in [0.15, 0.2) is 18.2 Å². The Hall–Kier alpha value is -1.66. The maximum atomic E-state index is 12.2. The number of benzene rings is 1. The van der Waals surface area contributed by atoms with Gasteiger partial charge in [0.15, 0.2) is 0 Å². The first-order chi connectivity index (χ1) is 10.0. The van der Waals surface area contributed by atoms with E-state index in [2.05, 4.69) is 17.1 Å². The van der Waals surface area contributed by atoms with Crippen LogP contribution >= 0.6 is 11.6 Å². The summed E-state index contributed by atoms with van der Waals surface area (Å²) in [6.07, 6.45) is 1.80. The molecule has 0 radical (unpaired) electrons. The molecule has 0 spiro atoms. The van der Waals surface area contributed by atoms with Gasteiger partial charge in [0.2, 0.25) is 0 Å². The number of amides is 1. The second-order valence-electron chi connectivity index (χ2n) is 5.11. The van der Waals surface area contributed by atoms with Crippen LogP contribution in [0.3, 0.4) is 0 Å². The van der Waals surface area contributed by atoms with E-state index < -0.39 is 4.92 Å². The zero-order chi connectivity index (χ0) is 15.4. The van der Waals surface area contributed by atoms with Crippen molar-refractivity contribution in [3.63, 3.8) is 0 Å². The smallest absolute Gasteiger partial charge is 0.288 e. The molecule has 0 unspecified atom stereocenters. The number of piperidine rings is 1. The molecule has 1 heterocycles. The van der Waals surface area contributed by atoms with Gasteiger partial charge in [0.25, 0.3) is 11.6 Å². The number of rotatable bonds is 4. The molecular formula is C14H18ClN3O3. The van der Waals surface area contributed by atoms with E-state index in [4.69, 9.17) is 11.6 Å². The SMILES string of the molecule is CCN1CCC(NC(=O)c2ccc(Cl)c([N+](=O)[O-])c2)CC1. The van der Waals surface area contributed by atoms with Crippen LogP contribution in [0.2, 0.25) is 5.02 Å². The fourth-order valence-electron chi connectivity index (χ4n) is 2.46. The number of nitrogens with zero attached hydrogens (tertiary/aromatic N) is 2. The molecule has 21 heavy (non-hydrogen) atoms. The molecule has 1 aromatic carbocycles. The quantitative estimate of drug-likeness (QED) is 0.684. The number of nitrogens with one attached hydrogen (secondary N) is 1. The molecule has 1 saturated heterocycles. The summed E-state index contributed by atoms with van der Waals surface area (Å²) >= 11 is 5.74. The molecule has 0 bridgehead atoms. The van der Waals surface area contributed by atoms with E-state index >= 15 is 0 Å². The predicted molar refractivity (Wildman–Crippen MR) is 80.7 cm³/mol. The van der Waals surface area contributed by atoms with E-state index in [-0.39, 0.29) is 28.2 Å². The maximum Gasteiger partial charge on any atom is 0.288 e. The molecule has 6 nitrogen and oxygen atoms in total. The Morgan fingerprint density at radius 1 is 1.48 bits per heavy atom. The second-order valence-corrected chi connectivity index (χ2v) is 5.51. The summed E-state index contributed by atoms with van der Waals surface area (Å²) in [4.78, 5) is 24.7. The van der Waals surface area contributed by atoms with Crippen molar-refractivity contribution in [1.82, 2.24) is 10.2 Å². The molecule has 1 amide bonds. The van der Waals surface area contributed by atoms with E-state index in [9.17, 15) is 14.9 Å². The Bertz CT molecular complexity index is 542. The summed E-state index contributed by atoms with van der Waals surface area (Å²) in [6.45, 7) is 5.06. The van der Waals surface area contributed by atoms with Crippen LogP contribution in [0.1, 0.15) is 30.1 Å². The first-order valence-electron chi connectivity index (χ1n) is 6.98. The summed E-state index contributed by atoms with van der Waals surface area (Å²) in [7, 11) is 0. The van der Waals surface area contributed by atoms with E-state index in [1.807, 2.05) is 0 Å². The Morgan fingerprint density at radius 3 is 2.71 bits per heavy atom. The first kappa shape index (κ1) is 15.7. The van der Waals surface area contributed by atoms with Crippen molar-refractivity contribution in [3.8, 4) is 0 Å². The standard InChI is InChI=1S/C14H18ClN3O3/c1-2-17-7-5-11(6-8-17)16-14(19)10-3-4-12(15)13(9-10)18(20)21/h3-4,9,11H,2,5-8H2,1H3,(H,16,19). The average molecular weight is 312 g/mol. The normalized spacial score (nSPS) is 16.7. The van der Waals surface area contributed by atoms with E-state index in [0.717, 1.165) is 32.5 Å². The van der Waals surface area contributed by atoms with Gasteiger partial charge >= 0.3 is 0 Å². The number of hydrogen-bond donors (Lipinski definition) is 1. The Morgan fingerprint density at radius 2 is 2.14 bits per heavy atom. The Labute approximate surface area is 128 Å². The minimum Gasteiger partial charge on any atom is -0.349 e. The number of halogens is 1. The van der Waals surface area contributed by atoms with Gasteiger partial charge in [-0.25, -0.2) is 0 Å². The number of likely N-dealkylation sites (tertiary alicyclic amines) is 1. The third kappa shape index (κ3) is 3.92. The highest BCUT2D eigenvalue weighted by atomic mass is 35.5. The van der Waals surface area contributed by atoms with Gasteiger partial charge in [0.05, 0.1) is 4.92 Å². The fourth-order valence-corrected chi connectivity index (χ4v) is 2.64. The van der Waals surface area contributed by atoms with Gasteiger partial charge in [-0.2, -0.15) is 0 Å². The molecule has 0 aliphatic carbocycles. The predicted octanol–water partition coefficient (Wildman–Crippen LogP) is 2.46. The van der Waals surface area contributed by atoms with Crippen LogP contribution in [-0.4, -0.2) is 41.4 Å². The molecule has 0 atom stereocenters. The topological polar surface area (TPSA) is 75.5 Å². The minimum absolute atomic E-state index is 0.0350. The Balaban J connectivity index is 2.01. The molecule has 0 aromatic heterocycles. The van der Waals surface area contributed by atoms with Crippen LogP contribution < -0.4 is 5.32 Å². The molecule has 114 valence electrons. The minimum atomic E-state index is -0.584. The molecule has 1 aliphatic rings. The molecule has 1 N–H and O–H groups in total. The van der Waals surface area contributed by atoms with Crippen molar-refractivity contribution in [2.24, 2.45) is 0 Å². The summed E-state index contributed by atoms with van der Waals surface area (Å²) in [6, 6.07) is 4.23. The highest BCUT2D eigenvalue weighted by Crippen LogP contribution is 2.25. The van der Waals surface area contributed by atoms with Crippen LogP contribution in [-0.2, 0) is 0 Å². The fraction of sp³-hybridized carbons (Fsp3) is 0.500. The van der Waals surface area contributed by atoms with Crippen LogP contribution in [0.5, 0.6) is 0 Å². The summed E-state index contributed by atoms with van der Waals surface area (Å²) < 4.78 is 0. The van der Waals surface area contributed by atoms with Gasteiger partial charge < -0.3 is 10.2 Å². The van der Waals surface area contributed by atoms with Gasteiger partial charge in [-0.3, -0.25) is 14.9 Å². The van der Waals surface area contributed by atoms with Crippen molar-refractivity contribution >= 4 is 23.2 Å². The van der Waals surface area contributed by atoms with Crippen molar-refractivity contribution in [2.45, 2.75) is 25.8 Å². The summed E-state index contributed by atoms with van der Waals surface area (Å²) in [5, 5.41) is 13.8. The molecule has 1 fully saturated rings. The van der Waals surface area contributed by atoms with Crippen LogP contribution in [0, 0.1) is 10.1 Å². The molecule has 1 aliphatic heterocycles. The molecule has 7 heteroatoms. The number of nitro groups is 1. The summed E-state index contributed by atoms with van der Waals surface area (Å²) in [5.74, 6) is -0.287. The zero-order valence-electron chi connectivity index (χ0n) is 11.8. The van der Waals surface area contributed by atoms with Crippen molar-refractivity contribution in [2.75, 3.05) is 19.6 Å². The zero-order valence-corrected chi connectivity index (χ0v) is 12.6. The highest BCUT2D eigenvalue weighted by Gasteiger charge is 2.22. The third-order valence-electron chi connectivity index (χ3n) is 3.78. The van der Waals surface area contributed by atoms with Crippen molar-refractivity contribution in [3.05, 3.63) is 38.9 Å². The lowest BCUT2D eigenvalue weighted by atomic mass is 10.0. The van der Waals surface area contributed by atoms with Gasteiger partial charge in [-0.15, -0.1) is 0 Å². The van der Waals surface area contributed by atoms with E-state index in [0.29, 0.717) is 0 Å². The molecule has 1 aromatic rings. The number of hydrogen-bond acceptors (Lipinski definition) is 4. The van der Waals surface area contributed by atoms with E-state index in [1.54, 1.807) is 0 Å².